The number of rotatable bonds is 4. The number of para-hydroxylation sites is 1. The molecule has 2 N–H and O–H groups in total. The van der Waals surface area contributed by atoms with Crippen LogP contribution in [0.25, 0.3) is 0 Å². The maximum Gasteiger partial charge on any atom is 0.253 e. The average Bonchev–Trinajstić information content (AvgIpc) is 2.44. The Labute approximate surface area is 121 Å². The van der Waals surface area contributed by atoms with E-state index in [0.29, 0.717) is 6.04 Å². The number of nitrogens with zero attached hydrogens (tertiary/aromatic N) is 1. The number of hydrogen-bond acceptors (Lipinski definition) is 3. The number of benzene rings is 1. The quantitative estimate of drug-likeness (QED) is 0.886. The molecular weight excluding hydrogens is 250 g/mol. The Morgan fingerprint density at radius 2 is 2.15 bits per heavy atom. The lowest BCUT2D eigenvalue weighted by Gasteiger charge is -2.35. The van der Waals surface area contributed by atoms with Crippen LogP contribution in [0.1, 0.15) is 37.0 Å². The first-order chi connectivity index (χ1) is 9.61. The smallest absolute Gasteiger partial charge is 0.253 e. The summed E-state index contributed by atoms with van der Waals surface area (Å²) in [5.74, 6) is 0.0308. The Morgan fingerprint density at radius 3 is 2.85 bits per heavy atom. The van der Waals surface area contributed by atoms with Crippen LogP contribution in [0.3, 0.4) is 0 Å². The number of amides is 1. The molecule has 4 heteroatoms. The van der Waals surface area contributed by atoms with Gasteiger partial charge in [0.1, 0.15) is 0 Å². The zero-order chi connectivity index (χ0) is 14.5. The van der Waals surface area contributed by atoms with Crippen molar-refractivity contribution >= 4 is 11.6 Å². The van der Waals surface area contributed by atoms with Crippen molar-refractivity contribution in [1.29, 1.82) is 0 Å². The Balaban J connectivity index is 2.01. The molecule has 2 rings (SSSR count). The standard InChI is InChI=1S/C16H25N3O/c1-4-17-15-8-6-5-7-14(15)16(20)18-13-9-10-19(3)12(2)11-13/h5-8,12-13,17H,4,9-11H2,1-3H3,(H,18,20). The lowest BCUT2D eigenvalue weighted by molar-refractivity contribution is 0.0897. The van der Waals surface area contributed by atoms with Crippen molar-refractivity contribution in [2.75, 3.05) is 25.5 Å². The van der Waals surface area contributed by atoms with Gasteiger partial charge in [0.05, 0.1) is 5.56 Å². The van der Waals surface area contributed by atoms with Gasteiger partial charge in [-0.1, -0.05) is 12.1 Å². The molecule has 1 aliphatic heterocycles. The van der Waals surface area contributed by atoms with Crippen molar-refractivity contribution in [3.05, 3.63) is 29.8 Å². The van der Waals surface area contributed by atoms with Crippen molar-refractivity contribution in [2.24, 2.45) is 0 Å². The summed E-state index contributed by atoms with van der Waals surface area (Å²) in [6, 6.07) is 8.50. The maximum absolute atomic E-state index is 12.4. The van der Waals surface area contributed by atoms with Gasteiger partial charge in [-0.3, -0.25) is 4.79 Å². The van der Waals surface area contributed by atoms with E-state index in [1.54, 1.807) is 0 Å². The van der Waals surface area contributed by atoms with Crippen molar-refractivity contribution in [2.45, 2.75) is 38.8 Å². The molecule has 1 aromatic carbocycles. The summed E-state index contributed by atoms with van der Waals surface area (Å²) in [5, 5.41) is 6.42. The molecule has 0 bridgehead atoms. The largest absolute Gasteiger partial charge is 0.385 e. The predicted molar refractivity (Wildman–Crippen MR) is 83.2 cm³/mol. The van der Waals surface area contributed by atoms with Crippen molar-refractivity contribution in [3.8, 4) is 0 Å². The number of carbonyl (C=O) groups excluding carboxylic acids is 1. The van der Waals surface area contributed by atoms with E-state index in [1.807, 2.05) is 31.2 Å². The third-order valence-corrected chi connectivity index (χ3v) is 4.08. The minimum Gasteiger partial charge on any atom is -0.385 e. The van der Waals surface area contributed by atoms with Gasteiger partial charge < -0.3 is 15.5 Å². The lowest BCUT2D eigenvalue weighted by atomic mass is 9.98. The van der Waals surface area contributed by atoms with Gasteiger partial charge in [0.15, 0.2) is 0 Å². The van der Waals surface area contributed by atoms with E-state index in [0.717, 1.165) is 37.2 Å². The number of likely N-dealkylation sites (tertiary alicyclic amines) is 1. The van der Waals surface area contributed by atoms with Gasteiger partial charge in [-0.05, 0) is 45.9 Å². The third kappa shape index (κ3) is 3.51. The number of nitrogens with one attached hydrogen (secondary N) is 2. The van der Waals surface area contributed by atoms with Gasteiger partial charge in [0.25, 0.3) is 5.91 Å². The topological polar surface area (TPSA) is 44.4 Å². The monoisotopic (exact) mass is 275 g/mol. The van der Waals surface area contributed by atoms with Crippen LogP contribution in [-0.4, -0.2) is 43.0 Å². The highest BCUT2D eigenvalue weighted by atomic mass is 16.1. The number of anilines is 1. The molecule has 1 aromatic rings. The molecule has 1 heterocycles. The summed E-state index contributed by atoms with van der Waals surface area (Å²) in [5.41, 5.74) is 1.65. The SMILES string of the molecule is CCNc1ccccc1C(=O)NC1CCN(C)C(C)C1. The molecule has 0 spiro atoms. The normalized spacial score (nSPS) is 23.4. The first-order valence-corrected chi connectivity index (χ1v) is 7.45. The molecule has 0 aromatic heterocycles. The summed E-state index contributed by atoms with van der Waals surface area (Å²) in [7, 11) is 2.14. The van der Waals surface area contributed by atoms with Gasteiger partial charge in [0.2, 0.25) is 0 Å². The van der Waals surface area contributed by atoms with Crippen molar-refractivity contribution < 1.29 is 4.79 Å². The Hall–Kier alpha value is -1.55. The van der Waals surface area contributed by atoms with Gasteiger partial charge >= 0.3 is 0 Å². The third-order valence-electron chi connectivity index (χ3n) is 4.08. The molecule has 0 aliphatic carbocycles. The molecule has 1 fully saturated rings. The Kier molecular flexibility index (Phi) is 5.01. The van der Waals surface area contributed by atoms with Gasteiger partial charge in [-0.25, -0.2) is 0 Å². The van der Waals surface area contributed by atoms with Crippen LogP contribution in [0, 0.1) is 0 Å². The fraction of sp³-hybridized carbons (Fsp3) is 0.562. The average molecular weight is 275 g/mol. The zero-order valence-electron chi connectivity index (χ0n) is 12.6. The van der Waals surface area contributed by atoms with E-state index in [2.05, 4.69) is 29.5 Å². The van der Waals surface area contributed by atoms with Crippen LogP contribution >= 0.6 is 0 Å². The van der Waals surface area contributed by atoms with E-state index in [1.165, 1.54) is 0 Å². The van der Waals surface area contributed by atoms with Crippen LogP contribution in [0.4, 0.5) is 5.69 Å². The summed E-state index contributed by atoms with van der Waals surface area (Å²) in [6.07, 6.45) is 2.04. The molecule has 20 heavy (non-hydrogen) atoms. The van der Waals surface area contributed by atoms with Crippen LogP contribution in [0.2, 0.25) is 0 Å². The fourth-order valence-corrected chi connectivity index (χ4v) is 2.71. The summed E-state index contributed by atoms with van der Waals surface area (Å²) in [4.78, 5) is 14.8. The molecular formula is C16H25N3O. The van der Waals surface area contributed by atoms with Crippen LogP contribution in [-0.2, 0) is 0 Å². The Morgan fingerprint density at radius 1 is 1.40 bits per heavy atom. The molecule has 4 nitrogen and oxygen atoms in total. The Bertz CT molecular complexity index is 461. The van der Waals surface area contributed by atoms with Gasteiger partial charge in [-0.2, -0.15) is 0 Å². The molecule has 0 radical (unpaired) electrons. The minimum atomic E-state index is 0.0308. The molecule has 110 valence electrons. The van der Waals surface area contributed by atoms with E-state index < -0.39 is 0 Å². The van der Waals surface area contributed by atoms with Crippen molar-refractivity contribution in [3.63, 3.8) is 0 Å². The predicted octanol–water partition coefficient (Wildman–Crippen LogP) is 2.33. The van der Waals surface area contributed by atoms with E-state index in [-0.39, 0.29) is 11.9 Å². The number of hydrogen-bond donors (Lipinski definition) is 2. The van der Waals surface area contributed by atoms with E-state index >= 15 is 0 Å². The second-order valence-corrected chi connectivity index (χ2v) is 5.60. The van der Waals surface area contributed by atoms with Crippen LogP contribution < -0.4 is 10.6 Å². The van der Waals surface area contributed by atoms with E-state index in [9.17, 15) is 4.79 Å². The molecule has 1 amide bonds. The molecule has 1 aliphatic rings. The first kappa shape index (κ1) is 14.9. The highest BCUT2D eigenvalue weighted by Crippen LogP contribution is 2.18. The van der Waals surface area contributed by atoms with Crippen LogP contribution in [0.15, 0.2) is 24.3 Å². The second kappa shape index (κ2) is 6.75. The summed E-state index contributed by atoms with van der Waals surface area (Å²) < 4.78 is 0. The molecule has 2 unspecified atom stereocenters. The molecule has 0 saturated carbocycles. The van der Waals surface area contributed by atoms with Gasteiger partial charge in [-0.15, -0.1) is 0 Å². The van der Waals surface area contributed by atoms with E-state index in [4.69, 9.17) is 0 Å². The second-order valence-electron chi connectivity index (χ2n) is 5.60. The number of carbonyl (C=O) groups is 1. The summed E-state index contributed by atoms with van der Waals surface area (Å²) >= 11 is 0. The zero-order valence-corrected chi connectivity index (χ0v) is 12.6. The summed E-state index contributed by atoms with van der Waals surface area (Å²) in [6.45, 7) is 6.11. The highest BCUT2D eigenvalue weighted by Gasteiger charge is 2.24. The first-order valence-electron chi connectivity index (χ1n) is 7.45. The van der Waals surface area contributed by atoms with Crippen LogP contribution in [0.5, 0.6) is 0 Å². The minimum absolute atomic E-state index is 0.0308. The lowest BCUT2D eigenvalue weighted by Crippen LogP contribution is -2.47. The molecule has 2 atom stereocenters. The molecule has 1 saturated heterocycles. The van der Waals surface area contributed by atoms with Gasteiger partial charge in [0, 0.05) is 30.9 Å². The highest BCUT2D eigenvalue weighted by molar-refractivity contribution is 5.99. The maximum atomic E-state index is 12.4. The number of piperidine rings is 1. The van der Waals surface area contributed by atoms with Crippen molar-refractivity contribution in [1.82, 2.24) is 10.2 Å². The fourth-order valence-electron chi connectivity index (χ4n) is 2.71.